The lowest BCUT2D eigenvalue weighted by Crippen LogP contribution is -2.19. The summed E-state index contributed by atoms with van der Waals surface area (Å²) in [4.78, 5) is 2.23. The lowest BCUT2D eigenvalue weighted by Gasteiger charge is -2.17. The molecule has 0 aliphatic rings. The van der Waals surface area contributed by atoms with Gasteiger partial charge < -0.3 is 14.7 Å². The summed E-state index contributed by atoms with van der Waals surface area (Å²) < 4.78 is 5.20. The summed E-state index contributed by atoms with van der Waals surface area (Å²) in [5.74, 6) is 0.633. The number of benzene rings is 1. The first-order valence-electron chi connectivity index (χ1n) is 6.57. The van der Waals surface area contributed by atoms with Crippen LogP contribution in [0.2, 0.25) is 0 Å². The molecule has 1 aromatic rings. The third kappa shape index (κ3) is 5.29. The molecule has 19 heavy (non-hydrogen) atoms. The Kier molecular flexibility index (Phi) is 6.94. The van der Waals surface area contributed by atoms with E-state index in [9.17, 15) is 0 Å². The highest BCUT2D eigenvalue weighted by molar-refractivity contribution is 5.45. The molecule has 0 aromatic heterocycles. The number of nitriles is 1. The lowest BCUT2D eigenvalue weighted by molar-refractivity contribution is 0.271. The van der Waals surface area contributed by atoms with Crippen LogP contribution < -0.4 is 4.74 Å². The van der Waals surface area contributed by atoms with E-state index in [1.165, 1.54) is 0 Å². The Morgan fingerprint density at radius 2 is 2.11 bits per heavy atom. The molecule has 0 fully saturated rings. The minimum atomic E-state index is 0.274. The predicted octanol–water partition coefficient (Wildman–Crippen LogP) is 2.16. The van der Waals surface area contributed by atoms with Crippen LogP contribution in [0.15, 0.2) is 18.2 Å². The standard InChI is InChI=1S/C15H22N2O2/c1-17(8-4-3-5-9-18)12-13-6-7-14(11-16)15(10-13)19-2/h6-7,10,18H,3-5,8-9,12H2,1-2H3. The molecule has 104 valence electrons. The number of hydrogen-bond acceptors (Lipinski definition) is 4. The van der Waals surface area contributed by atoms with Crippen LogP contribution in [0.25, 0.3) is 0 Å². The van der Waals surface area contributed by atoms with Crippen molar-refractivity contribution < 1.29 is 9.84 Å². The second kappa shape index (κ2) is 8.52. The van der Waals surface area contributed by atoms with Gasteiger partial charge in [-0.15, -0.1) is 0 Å². The first-order chi connectivity index (χ1) is 9.21. The smallest absolute Gasteiger partial charge is 0.136 e. The zero-order chi connectivity index (χ0) is 14.1. The Morgan fingerprint density at radius 3 is 2.74 bits per heavy atom. The summed E-state index contributed by atoms with van der Waals surface area (Å²) in [6, 6.07) is 7.80. The zero-order valence-electron chi connectivity index (χ0n) is 11.7. The molecule has 1 N–H and O–H groups in total. The summed E-state index contributed by atoms with van der Waals surface area (Å²) in [6.45, 7) is 2.11. The van der Waals surface area contributed by atoms with Crippen molar-refractivity contribution in [3.05, 3.63) is 29.3 Å². The molecular weight excluding hydrogens is 240 g/mol. The van der Waals surface area contributed by atoms with Gasteiger partial charge in [-0.25, -0.2) is 0 Å². The van der Waals surface area contributed by atoms with Crippen molar-refractivity contribution in [3.63, 3.8) is 0 Å². The van der Waals surface area contributed by atoms with Crippen molar-refractivity contribution in [2.24, 2.45) is 0 Å². The summed E-state index contributed by atoms with van der Waals surface area (Å²) in [7, 11) is 3.65. The zero-order valence-corrected chi connectivity index (χ0v) is 11.7. The van der Waals surface area contributed by atoms with Gasteiger partial charge in [-0.05, 0) is 50.6 Å². The van der Waals surface area contributed by atoms with Gasteiger partial charge in [0.1, 0.15) is 11.8 Å². The van der Waals surface area contributed by atoms with Crippen LogP contribution in [0.1, 0.15) is 30.4 Å². The van der Waals surface area contributed by atoms with Crippen molar-refractivity contribution in [2.75, 3.05) is 27.3 Å². The van der Waals surface area contributed by atoms with E-state index in [2.05, 4.69) is 18.0 Å². The van der Waals surface area contributed by atoms with E-state index in [0.717, 1.165) is 37.9 Å². The molecule has 0 amide bonds. The average Bonchev–Trinajstić information content (AvgIpc) is 2.43. The van der Waals surface area contributed by atoms with E-state index in [-0.39, 0.29) is 6.61 Å². The van der Waals surface area contributed by atoms with Crippen molar-refractivity contribution >= 4 is 0 Å². The highest BCUT2D eigenvalue weighted by atomic mass is 16.5. The number of aliphatic hydroxyl groups excluding tert-OH is 1. The van der Waals surface area contributed by atoms with Gasteiger partial charge >= 0.3 is 0 Å². The number of ether oxygens (including phenoxy) is 1. The normalized spacial score (nSPS) is 10.5. The second-order valence-corrected chi connectivity index (χ2v) is 4.67. The molecule has 0 atom stereocenters. The van der Waals surface area contributed by atoms with Gasteiger partial charge in [0.25, 0.3) is 0 Å². The summed E-state index contributed by atoms with van der Waals surface area (Å²) in [5, 5.41) is 17.6. The van der Waals surface area contributed by atoms with Crippen molar-refractivity contribution in [3.8, 4) is 11.8 Å². The molecular formula is C15H22N2O2. The molecule has 1 rings (SSSR count). The predicted molar refractivity (Wildman–Crippen MR) is 75.0 cm³/mol. The third-order valence-corrected chi connectivity index (χ3v) is 3.04. The maximum atomic E-state index is 8.93. The molecule has 0 spiro atoms. The van der Waals surface area contributed by atoms with Crippen LogP contribution in [-0.2, 0) is 6.54 Å². The van der Waals surface area contributed by atoms with Gasteiger partial charge in [0.2, 0.25) is 0 Å². The van der Waals surface area contributed by atoms with Crippen LogP contribution in [-0.4, -0.2) is 37.3 Å². The van der Waals surface area contributed by atoms with E-state index in [1.54, 1.807) is 13.2 Å². The lowest BCUT2D eigenvalue weighted by atomic mass is 10.1. The van der Waals surface area contributed by atoms with Crippen LogP contribution in [0, 0.1) is 11.3 Å². The maximum absolute atomic E-state index is 8.93. The Balaban J connectivity index is 2.50. The van der Waals surface area contributed by atoms with Crippen molar-refractivity contribution in [1.29, 1.82) is 5.26 Å². The highest BCUT2D eigenvalue weighted by Crippen LogP contribution is 2.20. The average molecular weight is 262 g/mol. The Hall–Kier alpha value is -1.57. The molecule has 0 bridgehead atoms. The molecule has 0 aliphatic heterocycles. The highest BCUT2D eigenvalue weighted by Gasteiger charge is 2.05. The van der Waals surface area contributed by atoms with Gasteiger partial charge in [0.15, 0.2) is 0 Å². The van der Waals surface area contributed by atoms with Gasteiger partial charge in [0, 0.05) is 13.2 Å². The van der Waals surface area contributed by atoms with E-state index in [1.807, 2.05) is 12.1 Å². The molecule has 0 radical (unpaired) electrons. The molecule has 4 heteroatoms. The Morgan fingerprint density at radius 1 is 1.32 bits per heavy atom. The molecule has 1 aromatic carbocycles. The van der Waals surface area contributed by atoms with Crippen molar-refractivity contribution in [2.45, 2.75) is 25.8 Å². The van der Waals surface area contributed by atoms with Gasteiger partial charge in [-0.1, -0.05) is 6.07 Å². The molecule has 0 aliphatic carbocycles. The van der Waals surface area contributed by atoms with Crippen molar-refractivity contribution in [1.82, 2.24) is 4.90 Å². The summed E-state index contributed by atoms with van der Waals surface area (Å²) in [6.07, 6.45) is 3.01. The number of rotatable bonds is 8. The first-order valence-corrected chi connectivity index (χ1v) is 6.57. The minimum Gasteiger partial charge on any atom is -0.495 e. The Bertz CT molecular complexity index is 427. The second-order valence-electron chi connectivity index (χ2n) is 4.67. The number of aliphatic hydroxyl groups is 1. The van der Waals surface area contributed by atoms with Gasteiger partial charge in [-0.2, -0.15) is 5.26 Å². The quantitative estimate of drug-likeness (QED) is 0.729. The largest absolute Gasteiger partial charge is 0.495 e. The van der Waals surface area contributed by atoms with E-state index < -0.39 is 0 Å². The van der Waals surface area contributed by atoms with E-state index in [4.69, 9.17) is 15.1 Å². The first kappa shape index (κ1) is 15.5. The van der Waals surface area contributed by atoms with Crippen LogP contribution in [0.4, 0.5) is 0 Å². The SMILES string of the molecule is COc1cc(CN(C)CCCCCO)ccc1C#N. The fraction of sp³-hybridized carbons (Fsp3) is 0.533. The fourth-order valence-electron chi connectivity index (χ4n) is 1.99. The monoisotopic (exact) mass is 262 g/mol. The van der Waals surface area contributed by atoms with Crippen LogP contribution in [0.5, 0.6) is 5.75 Å². The fourth-order valence-corrected chi connectivity index (χ4v) is 1.99. The number of unbranched alkanes of at least 4 members (excludes halogenated alkanes) is 2. The molecule has 0 saturated carbocycles. The number of methoxy groups -OCH3 is 1. The molecule has 0 saturated heterocycles. The molecule has 0 unspecified atom stereocenters. The maximum Gasteiger partial charge on any atom is 0.136 e. The van der Waals surface area contributed by atoms with Gasteiger partial charge in [0.05, 0.1) is 12.7 Å². The van der Waals surface area contributed by atoms with Crippen LogP contribution in [0.3, 0.4) is 0 Å². The van der Waals surface area contributed by atoms with E-state index in [0.29, 0.717) is 11.3 Å². The minimum absolute atomic E-state index is 0.274. The third-order valence-electron chi connectivity index (χ3n) is 3.04. The number of hydrogen-bond donors (Lipinski definition) is 1. The van der Waals surface area contributed by atoms with E-state index >= 15 is 0 Å². The van der Waals surface area contributed by atoms with Crippen LogP contribution >= 0.6 is 0 Å². The Labute approximate surface area is 115 Å². The molecule has 0 heterocycles. The molecule has 4 nitrogen and oxygen atoms in total. The summed E-state index contributed by atoms with van der Waals surface area (Å²) >= 11 is 0. The number of nitrogens with zero attached hydrogens (tertiary/aromatic N) is 2. The topological polar surface area (TPSA) is 56.5 Å². The summed E-state index contributed by atoms with van der Waals surface area (Å²) in [5.41, 5.74) is 1.71. The van der Waals surface area contributed by atoms with Gasteiger partial charge in [-0.3, -0.25) is 0 Å².